The molecule has 1 unspecified atom stereocenters. The van der Waals surface area contributed by atoms with Gasteiger partial charge in [0.05, 0.1) is 18.1 Å². The monoisotopic (exact) mass is 356 g/mol. The molecule has 6 rings (SSSR count). The summed E-state index contributed by atoms with van der Waals surface area (Å²) in [4.78, 5) is 12.1. The molecule has 0 aromatic carbocycles. The second-order valence-electron chi connectivity index (χ2n) is 6.29. The molecule has 2 aliphatic heterocycles. The van der Waals surface area contributed by atoms with Crippen LogP contribution in [-0.4, -0.2) is 34.1 Å². The summed E-state index contributed by atoms with van der Waals surface area (Å²) < 4.78 is 3.53. The maximum atomic E-state index is 4.74. The fourth-order valence-electron chi connectivity index (χ4n) is 3.25. The molecule has 130 valence electrons. The molecule has 27 heavy (non-hydrogen) atoms. The van der Waals surface area contributed by atoms with Crippen molar-refractivity contribution in [1.29, 1.82) is 0 Å². The Morgan fingerprint density at radius 2 is 2.07 bits per heavy atom. The third kappa shape index (κ3) is 2.22. The van der Waals surface area contributed by atoms with E-state index in [2.05, 4.69) is 26.7 Å². The number of hydrogen-bond acceptors (Lipinski definition) is 6. The summed E-state index contributed by atoms with van der Waals surface area (Å²) in [6.45, 7) is 0. The first-order valence-electron chi connectivity index (χ1n) is 8.48. The van der Waals surface area contributed by atoms with Crippen LogP contribution in [0.5, 0.6) is 0 Å². The smallest absolute Gasteiger partial charge is 0.256 e. The molecule has 0 saturated heterocycles. The molecule has 9 heteroatoms. The van der Waals surface area contributed by atoms with Gasteiger partial charge in [0.15, 0.2) is 17.1 Å². The number of aromatic nitrogens is 6. The van der Waals surface area contributed by atoms with Gasteiger partial charge in [0.2, 0.25) is 0 Å². The quantitative estimate of drug-likeness (QED) is 0.548. The van der Waals surface area contributed by atoms with Crippen molar-refractivity contribution in [2.45, 2.75) is 0 Å². The highest BCUT2D eigenvalue weighted by atomic mass is 15.3. The molecular weight excluding hydrogens is 342 g/mol. The Kier molecular flexibility index (Phi) is 2.77. The van der Waals surface area contributed by atoms with Gasteiger partial charge in [-0.3, -0.25) is 4.90 Å². The van der Waals surface area contributed by atoms with E-state index in [0.29, 0.717) is 0 Å². The van der Waals surface area contributed by atoms with Crippen LogP contribution in [0.3, 0.4) is 0 Å². The van der Waals surface area contributed by atoms with Crippen LogP contribution in [0.25, 0.3) is 22.6 Å². The SMILES string of the molecule is C1=CN2C=C[NH+](c3cn4ncc(-c5cc6ncccn6n5)cc4n3)C=C2N1. The molecule has 0 saturated carbocycles. The number of hydrogen-bond donors (Lipinski definition) is 2. The molecule has 2 N–H and O–H groups in total. The number of imidazole rings is 1. The van der Waals surface area contributed by atoms with Crippen LogP contribution in [0.1, 0.15) is 0 Å². The predicted octanol–water partition coefficient (Wildman–Crippen LogP) is 0.615. The van der Waals surface area contributed by atoms with Crippen molar-refractivity contribution in [1.82, 2.24) is 39.4 Å². The zero-order valence-electron chi connectivity index (χ0n) is 14.1. The standard InChI is InChI=1S/C18H13N9/c1-2-19-15-9-14(23-26(15)4-1)13-8-16-22-18(12-27(16)21-10-13)25-7-6-24-5-3-20-17(24)11-25/h1-12,20H/p+1. The maximum Gasteiger partial charge on any atom is 0.256 e. The number of fused-ring (bicyclic) bond motifs is 3. The van der Waals surface area contributed by atoms with Crippen molar-refractivity contribution in [2.75, 3.05) is 0 Å². The van der Waals surface area contributed by atoms with Crippen molar-refractivity contribution in [3.63, 3.8) is 0 Å². The van der Waals surface area contributed by atoms with Crippen LogP contribution < -0.4 is 10.2 Å². The lowest BCUT2D eigenvalue weighted by molar-refractivity contribution is -0.719. The minimum absolute atomic E-state index is 0.770. The van der Waals surface area contributed by atoms with E-state index in [1.165, 1.54) is 0 Å². The van der Waals surface area contributed by atoms with Crippen LogP contribution in [0.15, 0.2) is 79.8 Å². The van der Waals surface area contributed by atoms with Crippen LogP contribution in [0, 0.1) is 0 Å². The Morgan fingerprint density at radius 1 is 1.07 bits per heavy atom. The molecule has 6 heterocycles. The Morgan fingerprint density at radius 3 is 3.04 bits per heavy atom. The van der Waals surface area contributed by atoms with Crippen LogP contribution in [0.2, 0.25) is 0 Å². The van der Waals surface area contributed by atoms with Crippen LogP contribution in [-0.2, 0) is 0 Å². The summed E-state index contributed by atoms with van der Waals surface area (Å²) in [6, 6.07) is 5.78. The van der Waals surface area contributed by atoms with Gasteiger partial charge in [-0.05, 0) is 12.1 Å². The molecule has 1 atom stereocenters. The van der Waals surface area contributed by atoms with Gasteiger partial charge in [0, 0.05) is 36.4 Å². The van der Waals surface area contributed by atoms with E-state index < -0.39 is 0 Å². The highest BCUT2D eigenvalue weighted by Crippen LogP contribution is 2.20. The first-order valence-corrected chi connectivity index (χ1v) is 8.48. The zero-order valence-corrected chi connectivity index (χ0v) is 14.1. The highest BCUT2D eigenvalue weighted by molar-refractivity contribution is 5.66. The van der Waals surface area contributed by atoms with Gasteiger partial charge < -0.3 is 5.32 Å². The fourth-order valence-corrected chi connectivity index (χ4v) is 3.25. The van der Waals surface area contributed by atoms with E-state index in [1.807, 2.05) is 60.3 Å². The number of rotatable bonds is 2. The average Bonchev–Trinajstić information content (AvgIpc) is 3.42. The molecule has 0 spiro atoms. The van der Waals surface area contributed by atoms with E-state index in [-0.39, 0.29) is 0 Å². The first kappa shape index (κ1) is 14.2. The van der Waals surface area contributed by atoms with Gasteiger partial charge in [-0.1, -0.05) is 0 Å². The maximum absolute atomic E-state index is 4.74. The van der Waals surface area contributed by atoms with Gasteiger partial charge in [-0.15, -0.1) is 0 Å². The van der Waals surface area contributed by atoms with Crippen LogP contribution >= 0.6 is 0 Å². The van der Waals surface area contributed by atoms with Crippen molar-refractivity contribution in [2.24, 2.45) is 0 Å². The number of nitrogens with zero attached hydrogens (tertiary/aromatic N) is 7. The van der Waals surface area contributed by atoms with Crippen molar-refractivity contribution in [3.05, 3.63) is 79.8 Å². The third-order valence-corrected chi connectivity index (χ3v) is 4.60. The van der Waals surface area contributed by atoms with Gasteiger partial charge in [0.25, 0.3) is 5.82 Å². The second kappa shape index (κ2) is 5.26. The van der Waals surface area contributed by atoms with E-state index in [9.17, 15) is 0 Å². The summed E-state index contributed by atoms with van der Waals surface area (Å²) in [5.74, 6) is 1.88. The van der Waals surface area contributed by atoms with Crippen molar-refractivity contribution >= 4 is 17.1 Å². The van der Waals surface area contributed by atoms with Gasteiger partial charge in [-0.2, -0.15) is 15.2 Å². The Bertz CT molecular complexity index is 1240. The predicted molar refractivity (Wildman–Crippen MR) is 96.9 cm³/mol. The minimum atomic E-state index is 0.770. The van der Waals surface area contributed by atoms with Crippen LogP contribution in [0.4, 0.5) is 5.82 Å². The van der Waals surface area contributed by atoms with Gasteiger partial charge in [-0.25, -0.2) is 18.9 Å². The second-order valence-corrected chi connectivity index (χ2v) is 6.29. The molecule has 2 aliphatic rings. The first-order chi connectivity index (χ1) is 13.3. The Hall–Kier alpha value is -3.98. The Balaban J connectivity index is 1.39. The van der Waals surface area contributed by atoms with Crippen molar-refractivity contribution in [3.8, 4) is 11.3 Å². The van der Waals surface area contributed by atoms with E-state index >= 15 is 0 Å². The summed E-state index contributed by atoms with van der Waals surface area (Å²) in [5.41, 5.74) is 3.29. The molecule has 4 aromatic heterocycles. The molecule has 0 radical (unpaired) electrons. The molecule has 0 amide bonds. The molecule has 0 bridgehead atoms. The average molecular weight is 356 g/mol. The van der Waals surface area contributed by atoms with Crippen molar-refractivity contribution < 1.29 is 4.90 Å². The van der Waals surface area contributed by atoms with E-state index in [0.717, 1.165) is 39.1 Å². The molecule has 0 aliphatic carbocycles. The lowest BCUT2D eigenvalue weighted by Gasteiger charge is -2.18. The minimum Gasteiger partial charge on any atom is -0.342 e. The lowest BCUT2D eigenvalue weighted by Crippen LogP contribution is -2.98. The fraction of sp³-hybridized carbons (Fsp3) is 0. The summed E-state index contributed by atoms with van der Waals surface area (Å²) in [7, 11) is 0. The molecule has 9 nitrogen and oxygen atoms in total. The lowest BCUT2D eigenvalue weighted by atomic mass is 10.2. The Labute approximate surface area is 153 Å². The topological polar surface area (TPSA) is 80.1 Å². The van der Waals surface area contributed by atoms with Gasteiger partial charge in [0.1, 0.15) is 18.6 Å². The normalized spacial score (nSPS) is 18.1. The highest BCUT2D eigenvalue weighted by Gasteiger charge is 2.22. The largest absolute Gasteiger partial charge is 0.342 e. The van der Waals surface area contributed by atoms with E-state index in [4.69, 9.17) is 4.98 Å². The number of nitrogens with one attached hydrogen (secondary N) is 2. The molecule has 0 fully saturated rings. The number of quaternary nitrogens is 1. The van der Waals surface area contributed by atoms with E-state index in [1.54, 1.807) is 21.4 Å². The third-order valence-electron chi connectivity index (χ3n) is 4.60. The summed E-state index contributed by atoms with van der Waals surface area (Å²) in [6.07, 6.45) is 17.3. The molecular formula is C18H14N9+. The zero-order chi connectivity index (χ0) is 17.8. The summed E-state index contributed by atoms with van der Waals surface area (Å²) in [5, 5.41) is 12.3. The molecule has 4 aromatic rings. The van der Waals surface area contributed by atoms with Gasteiger partial charge >= 0.3 is 0 Å². The summed E-state index contributed by atoms with van der Waals surface area (Å²) >= 11 is 0.